The van der Waals surface area contributed by atoms with E-state index >= 15 is 0 Å². The molecule has 4 heteroatoms. The summed E-state index contributed by atoms with van der Waals surface area (Å²) in [5.41, 5.74) is 3.39. The Hall–Kier alpha value is -1.13. The molecule has 0 N–H and O–H groups in total. The number of likely N-dealkylation sites (N-methyl/N-ethyl adjacent to an activating group) is 1. The summed E-state index contributed by atoms with van der Waals surface area (Å²) in [4.78, 5) is 9.59. The van der Waals surface area contributed by atoms with Crippen LogP contribution in [0, 0.1) is 13.8 Å². The second-order valence-electron chi connectivity index (χ2n) is 6.66. The SMILES string of the molecule is COc1c(C)cnc(CN(C)CCN2CCCCC2C)c1C. The third-order valence-electron chi connectivity index (χ3n) is 4.88. The van der Waals surface area contributed by atoms with Crippen LogP contribution in [-0.2, 0) is 6.54 Å². The molecule has 124 valence electrons. The summed E-state index contributed by atoms with van der Waals surface area (Å²) in [7, 11) is 3.92. The Bertz CT molecular complexity index is 489. The molecule has 1 saturated heterocycles. The molecule has 2 rings (SSSR count). The third kappa shape index (κ3) is 4.20. The van der Waals surface area contributed by atoms with Crippen molar-refractivity contribution in [3.63, 3.8) is 0 Å². The molecule has 0 aliphatic carbocycles. The van der Waals surface area contributed by atoms with Crippen LogP contribution in [0.4, 0.5) is 0 Å². The summed E-state index contributed by atoms with van der Waals surface area (Å²) in [5, 5.41) is 0. The maximum absolute atomic E-state index is 5.50. The number of pyridine rings is 1. The van der Waals surface area contributed by atoms with Crippen LogP contribution in [0.2, 0.25) is 0 Å². The number of aryl methyl sites for hydroxylation is 1. The van der Waals surface area contributed by atoms with Crippen molar-refractivity contribution in [3.8, 4) is 5.75 Å². The summed E-state index contributed by atoms with van der Waals surface area (Å²) in [6.45, 7) is 10.9. The molecule has 0 saturated carbocycles. The number of aromatic nitrogens is 1. The molecule has 0 amide bonds. The highest BCUT2D eigenvalue weighted by atomic mass is 16.5. The quantitative estimate of drug-likeness (QED) is 0.808. The van der Waals surface area contributed by atoms with Gasteiger partial charge in [-0.05, 0) is 47.2 Å². The number of hydrogen-bond acceptors (Lipinski definition) is 4. The second-order valence-corrected chi connectivity index (χ2v) is 6.66. The molecule has 1 aromatic rings. The Labute approximate surface area is 135 Å². The fraction of sp³-hybridized carbons (Fsp3) is 0.722. The van der Waals surface area contributed by atoms with Crippen LogP contribution in [0.3, 0.4) is 0 Å². The van der Waals surface area contributed by atoms with Crippen molar-refractivity contribution in [2.75, 3.05) is 33.8 Å². The third-order valence-corrected chi connectivity index (χ3v) is 4.88. The van der Waals surface area contributed by atoms with E-state index in [0.717, 1.165) is 42.7 Å². The van der Waals surface area contributed by atoms with Crippen LogP contribution in [0.5, 0.6) is 5.75 Å². The number of nitrogens with zero attached hydrogens (tertiary/aromatic N) is 3. The average Bonchev–Trinajstić information content (AvgIpc) is 2.50. The van der Waals surface area contributed by atoms with Gasteiger partial charge in [-0.25, -0.2) is 0 Å². The van der Waals surface area contributed by atoms with Crippen molar-refractivity contribution in [1.82, 2.24) is 14.8 Å². The molecular formula is C18H31N3O. The van der Waals surface area contributed by atoms with Crippen molar-refractivity contribution >= 4 is 0 Å². The lowest BCUT2D eigenvalue weighted by atomic mass is 10.0. The van der Waals surface area contributed by atoms with Gasteiger partial charge in [0.15, 0.2) is 0 Å². The predicted octanol–water partition coefficient (Wildman–Crippen LogP) is 3.01. The van der Waals surface area contributed by atoms with E-state index in [2.05, 4.69) is 35.7 Å². The topological polar surface area (TPSA) is 28.6 Å². The van der Waals surface area contributed by atoms with Gasteiger partial charge < -0.3 is 4.74 Å². The van der Waals surface area contributed by atoms with E-state index in [-0.39, 0.29) is 0 Å². The Balaban J connectivity index is 1.90. The van der Waals surface area contributed by atoms with E-state index < -0.39 is 0 Å². The Morgan fingerprint density at radius 2 is 2.14 bits per heavy atom. The number of methoxy groups -OCH3 is 1. The van der Waals surface area contributed by atoms with Crippen LogP contribution in [0.15, 0.2) is 6.20 Å². The first-order valence-electron chi connectivity index (χ1n) is 8.44. The van der Waals surface area contributed by atoms with E-state index in [4.69, 9.17) is 4.74 Å². The molecule has 0 spiro atoms. The lowest BCUT2D eigenvalue weighted by Crippen LogP contribution is -2.41. The fourth-order valence-electron chi connectivity index (χ4n) is 3.35. The van der Waals surface area contributed by atoms with Crippen LogP contribution in [0.25, 0.3) is 0 Å². The summed E-state index contributed by atoms with van der Waals surface area (Å²) < 4.78 is 5.50. The minimum absolute atomic E-state index is 0.737. The van der Waals surface area contributed by atoms with Gasteiger partial charge in [0.25, 0.3) is 0 Å². The molecule has 4 nitrogen and oxygen atoms in total. The summed E-state index contributed by atoms with van der Waals surface area (Å²) >= 11 is 0. The first-order chi connectivity index (χ1) is 10.5. The molecular weight excluding hydrogens is 274 g/mol. The van der Waals surface area contributed by atoms with Crippen molar-refractivity contribution in [2.24, 2.45) is 0 Å². The van der Waals surface area contributed by atoms with Crippen LogP contribution >= 0.6 is 0 Å². The molecule has 2 heterocycles. The van der Waals surface area contributed by atoms with Crippen LogP contribution in [-0.4, -0.2) is 54.6 Å². The van der Waals surface area contributed by atoms with E-state index in [0.29, 0.717) is 0 Å². The molecule has 22 heavy (non-hydrogen) atoms. The number of likely N-dealkylation sites (tertiary alicyclic amines) is 1. The van der Waals surface area contributed by atoms with Gasteiger partial charge in [-0.1, -0.05) is 6.42 Å². The first kappa shape index (κ1) is 17.2. The monoisotopic (exact) mass is 305 g/mol. The molecule has 1 aromatic heterocycles. The largest absolute Gasteiger partial charge is 0.496 e. The van der Waals surface area contributed by atoms with Gasteiger partial charge in [0.1, 0.15) is 5.75 Å². The minimum atomic E-state index is 0.737. The van der Waals surface area contributed by atoms with E-state index in [1.165, 1.54) is 31.4 Å². The normalized spacial score (nSPS) is 19.6. The Morgan fingerprint density at radius 1 is 1.36 bits per heavy atom. The maximum atomic E-state index is 5.50. The van der Waals surface area contributed by atoms with Gasteiger partial charge in [0.2, 0.25) is 0 Å². The van der Waals surface area contributed by atoms with E-state index in [1.54, 1.807) is 7.11 Å². The van der Waals surface area contributed by atoms with Gasteiger partial charge in [-0.3, -0.25) is 14.8 Å². The number of rotatable bonds is 6. The van der Waals surface area contributed by atoms with Gasteiger partial charge in [0, 0.05) is 43.0 Å². The maximum Gasteiger partial charge on any atom is 0.128 e. The summed E-state index contributed by atoms with van der Waals surface area (Å²) in [5.74, 6) is 0.975. The number of ether oxygens (including phenoxy) is 1. The summed E-state index contributed by atoms with van der Waals surface area (Å²) in [6.07, 6.45) is 6.00. The van der Waals surface area contributed by atoms with E-state index in [1.807, 2.05) is 13.1 Å². The van der Waals surface area contributed by atoms with Gasteiger partial charge in [-0.2, -0.15) is 0 Å². The average molecular weight is 305 g/mol. The zero-order valence-corrected chi connectivity index (χ0v) is 14.9. The molecule has 1 atom stereocenters. The van der Waals surface area contributed by atoms with Crippen molar-refractivity contribution < 1.29 is 4.74 Å². The molecule has 1 aliphatic rings. The molecule has 1 unspecified atom stereocenters. The lowest BCUT2D eigenvalue weighted by molar-refractivity contribution is 0.140. The second kappa shape index (κ2) is 7.93. The molecule has 0 radical (unpaired) electrons. The first-order valence-corrected chi connectivity index (χ1v) is 8.44. The van der Waals surface area contributed by atoms with Gasteiger partial charge in [0.05, 0.1) is 12.8 Å². The molecule has 0 aromatic carbocycles. The lowest BCUT2D eigenvalue weighted by Gasteiger charge is -2.34. The number of piperidine rings is 1. The smallest absolute Gasteiger partial charge is 0.128 e. The van der Waals surface area contributed by atoms with Gasteiger partial charge in [-0.15, -0.1) is 0 Å². The van der Waals surface area contributed by atoms with Gasteiger partial charge >= 0.3 is 0 Å². The highest BCUT2D eigenvalue weighted by Gasteiger charge is 2.18. The highest BCUT2D eigenvalue weighted by molar-refractivity contribution is 5.40. The molecule has 0 bridgehead atoms. The Morgan fingerprint density at radius 3 is 2.82 bits per heavy atom. The zero-order valence-electron chi connectivity index (χ0n) is 14.9. The fourth-order valence-corrected chi connectivity index (χ4v) is 3.35. The standard InChI is InChI=1S/C18H31N3O/c1-14-12-19-17(16(3)18(14)22-5)13-20(4)10-11-21-9-7-6-8-15(21)2/h12,15H,6-11,13H2,1-5H3. The molecule has 1 aliphatic heterocycles. The van der Waals surface area contributed by atoms with Crippen molar-refractivity contribution in [2.45, 2.75) is 52.6 Å². The van der Waals surface area contributed by atoms with Crippen LogP contribution in [0.1, 0.15) is 43.0 Å². The minimum Gasteiger partial charge on any atom is -0.496 e. The Kier molecular flexibility index (Phi) is 6.21. The highest BCUT2D eigenvalue weighted by Crippen LogP contribution is 2.24. The number of hydrogen-bond donors (Lipinski definition) is 0. The van der Waals surface area contributed by atoms with Crippen molar-refractivity contribution in [1.29, 1.82) is 0 Å². The molecule has 1 fully saturated rings. The van der Waals surface area contributed by atoms with E-state index in [9.17, 15) is 0 Å². The van der Waals surface area contributed by atoms with Crippen LogP contribution < -0.4 is 4.74 Å². The summed E-state index contributed by atoms with van der Waals surface area (Å²) in [6, 6.07) is 0.737. The zero-order chi connectivity index (χ0) is 16.1. The predicted molar refractivity (Wildman–Crippen MR) is 91.5 cm³/mol. The van der Waals surface area contributed by atoms with Crippen molar-refractivity contribution in [3.05, 3.63) is 23.0 Å².